The number of carbonyl (C=O) groups is 2. The molecule has 1 aromatic rings. The number of pyridine rings is 1. The number of nitrogens with one attached hydrogen (secondary N) is 2. The highest BCUT2D eigenvalue weighted by molar-refractivity contribution is 5.96. The van der Waals surface area contributed by atoms with E-state index in [1.807, 2.05) is 9.80 Å². The molecule has 4 heterocycles. The highest BCUT2D eigenvalue weighted by Gasteiger charge is 2.40. The van der Waals surface area contributed by atoms with E-state index in [-0.39, 0.29) is 36.4 Å². The Morgan fingerprint density at radius 2 is 2.06 bits per heavy atom. The van der Waals surface area contributed by atoms with E-state index in [1.165, 1.54) is 6.20 Å². The molecule has 13 heteroatoms. The van der Waals surface area contributed by atoms with Gasteiger partial charge in [0.25, 0.3) is 0 Å². The summed E-state index contributed by atoms with van der Waals surface area (Å²) in [4.78, 5) is 45.8. The van der Waals surface area contributed by atoms with Gasteiger partial charge in [0.2, 0.25) is 11.8 Å². The second-order valence-corrected chi connectivity index (χ2v) is 9.43. The van der Waals surface area contributed by atoms with Crippen LogP contribution in [0.1, 0.15) is 25.7 Å². The normalized spacial score (nSPS) is 26.0. The standard InChI is InChI=1S/C22H32F2N8O3/c1-30-12-13(23)9-27-21(30)18(20(25)29-35)22(34)28-16-11-26-10-15(24)19(16)31-7-4-14(5-8-31)32-6-2-3-17(32)33/h10-11,13-14,18,20-21,27H,2-9,12,25H2,1H3,(H,28,34). The molecule has 1 aromatic heterocycles. The lowest BCUT2D eigenvalue weighted by atomic mass is 9.98. The molecule has 3 fully saturated rings. The van der Waals surface area contributed by atoms with Crippen LogP contribution in [-0.2, 0) is 9.59 Å². The fourth-order valence-electron chi connectivity index (χ4n) is 5.36. The molecule has 4 unspecified atom stereocenters. The molecule has 4 N–H and O–H groups in total. The van der Waals surface area contributed by atoms with Crippen LogP contribution >= 0.6 is 0 Å². The van der Waals surface area contributed by atoms with Gasteiger partial charge in [-0.15, -0.1) is 4.91 Å². The van der Waals surface area contributed by atoms with E-state index in [4.69, 9.17) is 5.73 Å². The van der Waals surface area contributed by atoms with Crippen molar-refractivity contribution in [3.8, 4) is 0 Å². The molecule has 3 saturated heterocycles. The van der Waals surface area contributed by atoms with Gasteiger partial charge in [0.1, 0.15) is 17.8 Å². The van der Waals surface area contributed by atoms with E-state index in [9.17, 15) is 23.3 Å². The fourth-order valence-corrected chi connectivity index (χ4v) is 5.36. The van der Waals surface area contributed by atoms with Crippen molar-refractivity contribution >= 4 is 23.2 Å². The van der Waals surface area contributed by atoms with Crippen LogP contribution in [0.3, 0.4) is 0 Å². The molecule has 0 aromatic carbocycles. The maximum Gasteiger partial charge on any atom is 0.234 e. The number of nitroso groups, excluding NO2 is 1. The Kier molecular flexibility index (Phi) is 7.87. The average Bonchev–Trinajstić information content (AvgIpc) is 3.26. The minimum atomic E-state index is -1.40. The first-order valence-corrected chi connectivity index (χ1v) is 11.9. The molecule has 4 rings (SSSR count). The number of aromatic nitrogens is 1. The molecule has 4 atom stereocenters. The van der Waals surface area contributed by atoms with Crippen LogP contribution in [0.15, 0.2) is 17.6 Å². The van der Waals surface area contributed by atoms with Crippen LogP contribution in [0, 0.1) is 16.6 Å². The molecular formula is C22H32F2N8O3. The van der Waals surface area contributed by atoms with Crippen LogP contribution in [0.5, 0.6) is 0 Å². The first kappa shape index (κ1) is 25.3. The second-order valence-electron chi connectivity index (χ2n) is 9.43. The predicted octanol–water partition coefficient (Wildman–Crippen LogP) is 0.617. The SMILES string of the molecule is CN1CC(F)CNC1C(C(=O)Nc1cncc(F)c1N1CCC(N2CCCC2=O)CC1)C(N)N=O. The summed E-state index contributed by atoms with van der Waals surface area (Å²) in [5.41, 5.74) is 6.21. The summed E-state index contributed by atoms with van der Waals surface area (Å²) in [5, 5.41) is 8.42. The number of carbonyl (C=O) groups excluding carboxylic acids is 2. The maximum atomic E-state index is 15.0. The number of likely N-dealkylation sites (tertiary alicyclic amines) is 1. The number of piperidine rings is 1. The smallest absolute Gasteiger partial charge is 0.234 e. The molecule has 11 nitrogen and oxygen atoms in total. The zero-order chi connectivity index (χ0) is 25.1. The number of rotatable bonds is 7. The number of nitrogens with zero attached hydrogens (tertiary/aromatic N) is 5. The van der Waals surface area contributed by atoms with E-state index < -0.39 is 36.1 Å². The minimum Gasteiger partial charge on any atom is -0.367 e. The van der Waals surface area contributed by atoms with Gasteiger partial charge < -0.3 is 20.9 Å². The third kappa shape index (κ3) is 5.41. The van der Waals surface area contributed by atoms with Crippen LogP contribution < -0.4 is 21.3 Å². The van der Waals surface area contributed by atoms with E-state index in [1.54, 1.807) is 11.9 Å². The Bertz CT molecular complexity index is 945. The van der Waals surface area contributed by atoms with Crippen LogP contribution in [-0.4, -0.2) is 90.9 Å². The number of alkyl halides is 1. The Morgan fingerprint density at radius 3 is 2.69 bits per heavy atom. The zero-order valence-electron chi connectivity index (χ0n) is 19.7. The molecule has 0 bridgehead atoms. The monoisotopic (exact) mass is 494 g/mol. The van der Waals surface area contributed by atoms with Crippen molar-refractivity contribution < 1.29 is 18.4 Å². The van der Waals surface area contributed by atoms with Gasteiger partial charge in [-0.2, -0.15) is 0 Å². The Labute approximate surface area is 202 Å². The summed E-state index contributed by atoms with van der Waals surface area (Å²) >= 11 is 0. The molecular weight excluding hydrogens is 462 g/mol. The van der Waals surface area contributed by atoms with E-state index in [2.05, 4.69) is 20.8 Å². The maximum absolute atomic E-state index is 15.0. The fraction of sp³-hybridized carbons (Fsp3) is 0.682. The van der Waals surface area contributed by atoms with Gasteiger partial charge in [-0.05, 0) is 26.3 Å². The predicted molar refractivity (Wildman–Crippen MR) is 126 cm³/mol. The Balaban J connectivity index is 1.50. The third-order valence-electron chi connectivity index (χ3n) is 7.10. The second kappa shape index (κ2) is 10.9. The number of nitrogens with two attached hydrogens (primary N) is 1. The average molecular weight is 495 g/mol. The van der Waals surface area contributed by atoms with Crippen LogP contribution in [0.25, 0.3) is 0 Å². The summed E-state index contributed by atoms with van der Waals surface area (Å²) in [6, 6.07) is 0.123. The van der Waals surface area contributed by atoms with Gasteiger partial charge in [0.05, 0.1) is 24.2 Å². The topological polar surface area (TPSA) is 136 Å². The highest BCUT2D eigenvalue weighted by Crippen LogP contribution is 2.33. The molecule has 3 aliphatic rings. The Hall–Kier alpha value is -2.77. The quantitative estimate of drug-likeness (QED) is 0.470. The number of anilines is 2. The summed E-state index contributed by atoms with van der Waals surface area (Å²) in [6.45, 7) is 1.83. The molecule has 192 valence electrons. The van der Waals surface area contributed by atoms with Gasteiger partial charge in [-0.1, -0.05) is 5.18 Å². The lowest BCUT2D eigenvalue weighted by Crippen LogP contribution is -2.62. The van der Waals surface area contributed by atoms with Crippen molar-refractivity contribution in [3.05, 3.63) is 23.1 Å². The van der Waals surface area contributed by atoms with E-state index >= 15 is 0 Å². The summed E-state index contributed by atoms with van der Waals surface area (Å²) in [6.07, 6.45) is 1.98. The van der Waals surface area contributed by atoms with Gasteiger partial charge in [-0.25, -0.2) is 8.78 Å². The number of halogens is 2. The largest absolute Gasteiger partial charge is 0.367 e. The lowest BCUT2D eigenvalue weighted by Gasteiger charge is -2.40. The molecule has 0 aliphatic carbocycles. The molecule has 2 amide bonds. The van der Waals surface area contributed by atoms with Crippen molar-refractivity contribution in [2.75, 3.05) is 50.0 Å². The highest BCUT2D eigenvalue weighted by atomic mass is 19.1. The number of amides is 2. The van der Waals surface area contributed by atoms with Crippen molar-refractivity contribution in [2.45, 2.75) is 50.2 Å². The van der Waals surface area contributed by atoms with Gasteiger partial charge in [0, 0.05) is 45.2 Å². The van der Waals surface area contributed by atoms with Gasteiger partial charge in [0.15, 0.2) is 12.0 Å². The molecule has 0 radical (unpaired) electrons. The Morgan fingerprint density at radius 1 is 1.31 bits per heavy atom. The third-order valence-corrected chi connectivity index (χ3v) is 7.10. The number of hydrogen-bond acceptors (Lipinski definition) is 9. The van der Waals surface area contributed by atoms with Crippen molar-refractivity contribution in [1.82, 2.24) is 20.1 Å². The summed E-state index contributed by atoms with van der Waals surface area (Å²) in [7, 11) is 1.62. The summed E-state index contributed by atoms with van der Waals surface area (Å²) in [5.74, 6) is -2.22. The van der Waals surface area contributed by atoms with Gasteiger partial charge in [-0.3, -0.25) is 24.8 Å². The van der Waals surface area contributed by atoms with Crippen LogP contribution in [0.4, 0.5) is 20.2 Å². The zero-order valence-corrected chi connectivity index (χ0v) is 19.7. The van der Waals surface area contributed by atoms with Crippen LogP contribution in [0.2, 0.25) is 0 Å². The van der Waals surface area contributed by atoms with E-state index in [0.29, 0.717) is 32.4 Å². The van der Waals surface area contributed by atoms with E-state index in [0.717, 1.165) is 19.2 Å². The molecule has 35 heavy (non-hydrogen) atoms. The minimum absolute atomic E-state index is 0.00556. The molecule has 0 saturated carbocycles. The summed E-state index contributed by atoms with van der Waals surface area (Å²) < 4.78 is 28.7. The van der Waals surface area contributed by atoms with Crippen molar-refractivity contribution in [1.29, 1.82) is 0 Å². The van der Waals surface area contributed by atoms with Gasteiger partial charge >= 0.3 is 0 Å². The first-order chi connectivity index (χ1) is 16.8. The van der Waals surface area contributed by atoms with Crippen molar-refractivity contribution in [2.24, 2.45) is 16.8 Å². The lowest BCUT2D eigenvalue weighted by molar-refractivity contribution is -0.130. The number of hydrogen-bond donors (Lipinski definition) is 3. The molecule has 0 spiro atoms. The van der Waals surface area contributed by atoms with Crippen molar-refractivity contribution in [3.63, 3.8) is 0 Å². The molecule has 3 aliphatic heterocycles. The first-order valence-electron chi connectivity index (χ1n) is 11.9.